The summed E-state index contributed by atoms with van der Waals surface area (Å²) in [4.78, 5) is 14.4. The molecule has 39 heavy (non-hydrogen) atoms. The van der Waals surface area contributed by atoms with Gasteiger partial charge < -0.3 is 4.74 Å². The lowest BCUT2D eigenvalue weighted by Gasteiger charge is -2.31. The molecule has 7 nitrogen and oxygen atoms in total. The molecule has 13 heteroatoms. The van der Waals surface area contributed by atoms with Gasteiger partial charge in [-0.05, 0) is 68.3 Å². The lowest BCUT2D eigenvalue weighted by atomic mass is 9.97. The second-order valence-corrected chi connectivity index (χ2v) is 12.1. The smallest absolute Gasteiger partial charge is 0.364 e. The van der Waals surface area contributed by atoms with E-state index in [2.05, 4.69) is 4.90 Å². The number of hydrogen-bond acceptors (Lipinski definition) is 5. The first-order chi connectivity index (χ1) is 18.3. The van der Waals surface area contributed by atoms with E-state index in [9.17, 15) is 35.2 Å². The third-order valence-corrected chi connectivity index (χ3v) is 7.42. The number of pyridine rings is 1. The Morgan fingerprint density at radius 3 is 2.51 bits per heavy atom. The molecule has 214 valence electrons. The second-order valence-electron chi connectivity index (χ2n) is 10.3. The van der Waals surface area contributed by atoms with Crippen molar-refractivity contribution in [1.29, 1.82) is 0 Å². The molecule has 1 aliphatic carbocycles. The molecule has 4 rings (SSSR count). The summed E-state index contributed by atoms with van der Waals surface area (Å²) >= 11 is 0. The zero-order valence-corrected chi connectivity index (χ0v) is 22.2. The summed E-state index contributed by atoms with van der Waals surface area (Å²) < 4.78 is 98.2. The van der Waals surface area contributed by atoms with Crippen LogP contribution < -0.4 is 14.0 Å². The van der Waals surface area contributed by atoms with Crippen LogP contribution in [-0.2, 0) is 23.1 Å². The van der Waals surface area contributed by atoms with Crippen molar-refractivity contribution in [2.45, 2.75) is 57.0 Å². The number of piperidine rings is 1. The molecule has 1 aromatic heterocycles. The van der Waals surface area contributed by atoms with Crippen LogP contribution in [-0.4, -0.2) is 57.5 Å². The van der Waals surface area contributed by atoms with E-state index in [1.165, 1.54) is 18.5 Å². The standard InChI is InChI=1S/C26H30F5N3O4S/c1-39(36,37)32-24(35)21-11-20(19-4-5-19)23(12-22(21)27)38-15-17-6-9-33(10-7-17)13-18-3-2-8-34(14-18)16-26(30,31)25(28)29/h2-3,8,11-12,14,17,19,25H,4-7,9-10,13,15-16H2,1H3/p+1. The molecule has 0 bridgehead atoms. The van der Waals surface area contributed by atoms with E-state index in [0.717, 1.165) is 48.1 Å². The average Bonchev–Trinajstić information content (AvgIpc) is 3.68. The summed E-state index contributed by atoms with van der Waals surface area (Å²) in [5.74, 6) is -5.33. The summed E-state index contributed by atoms with van der Waals surface area (Å²) in [6, 6.07) is 5.83. The maximum Gasteiger partial charge on any atom is 0.364 e. The van der Waals surface area contributed by atoms with Crippen LogP contribution in [0.3, 0.4) is 0 Å². The number of rotatable bonds is 11. The normalized spacial score (nSPS) is 17.4. The number of benzene rings is 1. The van der Waals surface area contributed by atoms with E-state index >= 15 is 0 Å². The van der Waals surface area contributed by atoms with Crippen molar-refractivity contribution in [2.24, 2.45) is 5.92 Å². The molecule has 1 aromatic carbocycles. The first-order valence-corrected chi connectivity index (χ1v) is 14.5. The van der Waals surface area contributed by atoms with E-state index in [-0.39, 0.29) is 17.4 Å². The van der Waals surface area contributed by atoms with Gasteiger partial charge in [0.15, 0.2) is 12.4 Å². The Balaban J connectivity index is 1.31. The molecule has 2 fully saturated rings. The van der Waals surface area contributed by atoms with Crippen molar-refractivity contribution in [3.8, 4) is 5.75 Å². The van der Waals surface area contributed by atoms with Gasteiger partial charge in [-0.3, -0.25) is 9.69 Å². The molecule has 1 N–H and O–H groups in total. The molecule has 0 atom stereocenters. The fraction of sp³-hybridized carbons (Fsp3) is 0.538. The van der Waals surface area contributed by atoms with Crippen molar-refractivity contribution in [3.05, 3.63) is 59.2 Å². The average molecular weight is 577 g/mol. The zero-order valence-electron chi connectivity index (χ0n) is 21.4. The number of carbonyl (C=O) groups is 1. The number of ether oxygens (including phenoxy) is 1. The number of alkyl halides is 4. The van der Waals surface area contributed by atoms with Crippen LogP contribution in [0.5, 0.6) is 5.75 Å². The van der Waals surface area contributed by atoms with Crippen molar-refractivity contribution in [2.75, 3.05) is 26.0 Å². The van der Waals surface area contributed by atoms with Gasteiger partial charge in [-0.1, -0.05) is 0 Å². The summed E-state index contributed by atoms with van der Waals surface area (Å²) in [6.07, 6.45) is 3.19. The third-order valence-electron chi connectivity index (χ3n) is 6.86. The van der Waals surface area contributed by atoms with Crippen molar-refractivity contribution < 1.29 is 44.5 Å². The van der Waals surface area contributed by atoms with Gasteiger partial charge in [0, 0.05) is 24.2 Å². The Labute approximate surface area is 224 Å². The van der Waals surface area contributed by atoms with Crippen LogP contribution in [0.4, 0.5) is 22.0 Å². The largest absolute Gasteiger partial charge is 0.493 e. The fourth-order valence-electron chi connectivity index (χ4n) is 4.67. The van der Waals surface area contributed by atoms with Gasteiger partial charge in [-0.2, -0.15) is 13.3 Å². The first kappa shape index (κ1) is 29.2. The van der Waals surface area contributed by atoms with E-state index < -0.39 is 40.6 Å². The number of likely N-dealkylation sites (tertiary alicyclic amines) is 1. The van der Waals surface area contributed by atoms with E-state index in [1.54, 1.807) is 16.9 Å². The summed E-state index contributed by atoms with van der Waals surface area (Å²) in [5.41, 5.74) is 1.08. The van der Waals surface area contributed by atoms with Crippen LogP contribution in [0.25, 0.3) is 0 Å². The number of sulfonamides is 1. The van der Waals surface area contributed by atoms with Gasteiger partial charge in [0.05, 0.1) is 18.4 Å². The van der Waals surface area contributed by atoms with Crippen molar-refractivity contribution in [3.63, 3.8) is 0 Å². The number of hydrogen-bond donors (Lipinski definition) is 1. The minimum Gasteiger partial charge on any atom is -0.493 e. The molecule has 0 unspecified atom stereocenters. The molecule has 0 spiro atoms. The maximum absolute atomic E-state index is 14.7. The van der Waals surface area contributed by atoms with Gasteiger partial charge in [0.25, 0.3) is 5.91 Å². The van der Waals surface area contributed by atoms with Gasteiger partial charge >= 0.3 is 12.3 Å². The zero-order chi connectivity index (χ0) is 28.4. The Hall–Kier alpha value is -2.80. The maximum atomic E-state index is 14.7. The molecular weight excluding hydrogens is 545 g/mol. The number of amides is 1. The quantitative estimate of drug-likeness (QED) is 0.325. The second kappa shape index (κ2) is 11.7. The van der Waals surface area contributed by atoms with Crippen LogP contribution in [0, 0.1) is 11.7 Å². The highest BCUT2D eigenvalue weighted by atomic mass is 32.2. The van der Waals surface area contributed by atoms with Gasteiger partial charge in [0.2, 0.25) is 16.6 Å². The van der Waals surface area contributed by atoms with Gasteiger partial charge in [-0.15, -0.1) is 0 Å². The minimum atomic E-state index is -4.10. The predicted molar refractivity (Wildman–Crippen MR) is 132 cm³/mol. The summed E-state index contributed by atoms with van der Waals surface area (Å²) in [6.45, 7) is 1.17. The molecule has 2 aromatic rings. The Kier molecular flexibility index (Phi) is 8.79. The third kappa shape index (κ3) is 8.10. The molecular formula is C26H31F5N3O4S+. The SMILES string of the molecule is CS(=O)(=O)NC(=O)c1cc(C2CC2)c(OCC2CCN(Cc3ccc[n+](CC(F)(F)C(F)F)c3)CC2)cc1F. The van der Waals surface area contributed by atoms with E-state index in [4.69, 9.17) is 4.74 Å². The fourth-order valence-corrected chi connectivity index (χ4v) is 5.11. The van der Waals surface area contributed by atoms with E-state index in [1.807, 2.05) is 0 Å². The Morgan fingerprint density at radius 2 is 1.90 bits per heavy atom. The Morgan fingerprint density at radius 1 is 1.21 bits per heavy atom. The topological polar surface area (TPSA) is 79.6 Å². The highest BCUT2D eigenvalue weighted by Gasteiger charge is 2.45. The van der Waals surface area contributed by atoms with Crippen LogP contribution in [0.2, 0.25) is 0 Å². The minimum absolute atomic E-state index is 0.126. The molecule has 2 aliphatic rings. The molecule has 1 amide bonds. The van der Waals surface area contributed by atoms with Crippen LogP contribution >= 0.6 is 0 Å². The van der Waals surface area contributed by atoms with Crippen molar-refractivity contribution >= 4 is 15.9 Å². The molecule has 1 saturated carbocycles. The lowest BCUT2D eigenvalue weighted by molar-refractivity contribution is -0.715. The number of aromatic nitrogens is 1. The molecule has 0 radical (unpaired) electrons. The first-order valence-electron chi connectivity index (χ1n) is 12.7. The lowest BCUT2D eigenvalue weighted by Crippen LogP contribution is -2.46. The number of nitrogens with zero attached hydrogens (tertiary/aromatic N) is 2. The molecule has 2 heterocycles. The van der Waals surface area contributed by atoms with Crippen LogP contribution in [0.1, 0.15) is 53.1 Å². The highest BCUT2D eigenvalue weighted by molar-refractivity contribution is 7.89. The number of carbonyl (C=O) groups excluding carboxylic acids is 1. The number of halogens is 5. The van der Waals surface area contributed by atoms with Gasteiger partial charge in [-0.25, -0.2) is 26.3 Å². The Bertz CT molecular complexity index is 1300. The van der Waals surface area contributed by atoms with Crippen molar-refractivity contribution in [1.82, 2.24) is 9.62 Å². The predicted octanol–water partition coefficient (Wildman–Crippen LogP) is 3.87. The molecule has 1 saturated heterocycles. The highest BCUT2D eigenvalue weighted by Crippen LogP contribution is 2.45. The monoisotopic (exact) mass is 576 g/mol. The molecule has 1 aliphatic heterocycles. The van der Waals surface area contributed by atoms with Crippen LogP contribution in [0.15, 0.2) is 36.7 Å². The number of nitrogens with one attached hydrogen (secondary N) is 1. The van der Waals surface area contributed by atoms with Gasteiger partial charge in [0.1, 0.15) is 11.6 Å². The summed E-state index contributed by atoms with van der Waals surface area (Å²) in [7, 11) is -3.84. The summed E-state index contributed by atoms with van der Waals surface area (Å²) in [5, 5.41) is 0. The van der Waals surface area contributed by atoms with E-state index in [0.29, 0.717) is 37.6 Å².